The molecule has 0 atom stereocenters. The molecule has 1 aromatic carbocycles. The highest BCUT2D eigenvalue weighted by Gasteiger charge is 2.21. The summed E-state index contributed by atoms with van der Waals surface area (Å²) in [7, 11) is 0.508. The van der Waals surface area contributed by atoms with Crippen molar-refractivity contribution in [2.45, 2.75) is 38.8 Å². The summed E-state index contributed by atoms with van der Waals surface area (Å²) in [5.74, 6) is -0.0885. The normalized spacial score (nSPS) is 12.0. The van der Waals surface area contributed by atoms with Crippen molar-refractivity contribution in [2.24, 2.45) is 7.05 Å². The maximum Gasteiger partial charge on any atom is 0.255 e. The first kappa shape index (κ1) is 25.7. The zero-order chi connectivity index (χ0) is 26.9. The molecule has 5 rings (SSSR count). The maximum atomic E-state index is 13.8. The van der Waals surface area contributed by atoms with E-state index in [1.165, 1.54) is 18.4 Å². The predicted molar refractivity (Wildman–Crippen MR) is 144 cm³/mol. The molecule has 0 bridgehead atoms. The molecule has 5 aromatic rings. The van der Waals surface area contributed by atoms with E-state index in [-0.39, 0.29) is 18.5 Å². The third-order valence-corrected chi connectivity index (χ3v) is 7.90. The van der Waals surface area contributed by atoms with Gasteiger partial charge >= 0.3 is 0 Å². The third kappa shape index (κ3) is 5.50. The summed E-state index contributed by atoms with van der Waals surface area (Å²) in [6.07, 6.45) is 6.87. The van der Waals surface area contributed by atoms with E-state index in [0.29, 0.717) is 59.1 Å². The number of carbonyl (C=O) groups excluding carboxylic acids is 1. The van der Waals surface area contributed by atoms with E-state index in [9.17, 15) is 9.18 Å². The lowest BCUT2D eigenvalue weighted by Gasteiger charge is -2.15. The van der Waals surface area contributed by atoms with E-state index < -0.39 is 8.07 Å². The SMILES string of the molecule is Cn1nc(-c2cnc3c(n2)c(C(=O)NCCc2ncco2)cn3COCC[Si](C)(C)C)c2ccc(F)cc21. The van der Waals surface area contributed by atoms with Crippen LogP contribution in [0.3, 0.4) is 0 Å². The number of hydrogen-bond donors (Lipinski definition) is 1. The summed E-state index contributed by atoms with van der Waals surface area (Å²) >= 11 is 0. The molecule has 1 amide bonds. The first-order valence-corrected chi connectivity index (χ1v) is 16.1. The molecule has 38 heavy (non-hydrogen) atoms. The van der Waals surface area contributed by atoms with Gasteiger partial charge in [0.1, 0.15) is 35.7 Å². The number of halogens is 1. The van der Waals surface area contributed by atoms with Gasteiger partial charge < -0.3 is 19.0 Å². The molecule has 0 aliphatic carbocycles. The molecular weight excluding hydrogens is 505 g/mol. The minimum absolute atomic E-state index is 0.254. The first-order valence-electron chi connectivity index (χ1n) is 12.4. The van der Waals surface area contributed by atoms with Crippen LogP contribution in [0.15, 0.2) is 47.5 Å². The summed E-state index contributed by atoms with van der Waals surface area (Å²) in [5, 5.41) is 8.21. The van der Waals surface area contributed by atoms with Gasteiger partial charge in [-0.2, -0.15) is 5.10 Å². The highest BCUT2D eigenvalue weighted by atomic mass is 28.3. The van der Waals surface area contributed by atoms with Crippen molar-refractivity contribution in [2.75, 3.05) is 13.2 Å². The van der Waals surface area contributed by atoms with E-state index in [1.54, 1.807) is 41.0 Å². The number of nitrogens with zero attached hydrogens (tertiary/aromatic N) is 6. The number of rotatable bonds is 10. The highest BCUT2D eigenvalue weighted by molar-refractivity contribution is 6.76. The Kier molecular flexibility index (Phi) is 7.08. The second-order valence-electron chi connectivity index (χ2n) is 10.4. The monoisotopic (exact) mass is 535 g/mol. The minimum atomic E-state index is -1.24. The lowest BCUT2D eigenvalue weighted by Crippen LogP contribution is -2.25. The predicted octanol–water partition coefficient (Wildman–Crippen LogP) is 4.40. The Labute approximate surface area is 219 Å². The number of aryl methyl sites for hydroxylation is 1. The van der Waals surface area contributed by atoms with Crippen LogP contribution in [0, 0.1) is 5.82 Å². The summed E-state index contributed by atoms with van der Waals surface area (Å²) in [6, 6.07) is 5.52. The Hall–Kier alpha value is -3.90. The number of aromatic nitrogens is 6. The van der Waals surface area contributed by atoms with Crippen LogP contribution in [0.25, 0.3) is 33.5 Å². The van der Waals surface area contributed by atoms with E-state index in [0.717, 1.165) is 11.4 Å². The number of carbonyl (C=O) groups is 1. The second-order valence-corrected chi connectivity index (χ2v) is 16.0. The van der Waals surface area contributed by atoms with Gasteiger partial charge in [-0.1, -0.05) is 19.6 Å². The standard InChI is InChI=1S/C26H30FN7O3Si/c1-33-21-13-17(27)5-6-18(21)23(32-33)20-14-30-25-24(31-20)19(15-34(25)16-36-11-12-38(2,3)4)26(35)29-8-7-22-28-9-10-37-22/h5-6,9-10,13-15H,7-8,11-12,16H2,1-4H3,(H,29,35). The second kappa shape index (κ2) is 10.5. The topological polar surface area (TPSA) is 113 Å². The van der Waals surface area contributed by atoms with Crippen molar-refractivity contribution in [1.29, 1.82) is 0 Å². The number of benzene rings is 1. The van der Waals surface area contributed by atoms with E-state index in [1.807, 2.05) is 0 Å². The van der Waals surface area contributed by atoms with Gasteiger partial charge in [-0.05, 0) is 24.2 Å². The van der Waals surface area contributed by atoms with Gasteiger partial charge in [0.05, 0.1) is 23.5 Å². The van der Waals surface area contributed by atoms with E-state index >= 15 is 0 Å². The first-order chi connectivity index (χ1) is 18.2. The largest absolute Gasteiger partial charge is 0.449 e. The summed E-state index contributed by atoms with van der Waals surface area (Å²) in [6.45, 7) is 8.13. The summed E-state index contributed by atoms with van der Waals surface area (Å²) in [5.41, 5.74) is 3.03. The van der Waals surface area contributed by atoms with Crippen LogP contribution in [0.5, 0.6) is 0 Å². The Morgan fingerprint density at radius 1 is 1.24 bits per heavy atom. The van der Waals surface area contributed by atoms with Crippen LogP contribution in [0.1, 0.15) is 16.2 Å². The fraction of sp³-hybridized carbons (Fsp3) is 0.346. The van der Waals surface area contributed by atoms with Crippen molar-refractivity contribution in [1.82, 2.24) is 34.6 Å². The van der Waals surface area contributed by atoms with Crippen LogP contribution in [-0.2, 0) is 24.9 Å². The average Bonchev–Trinajstić information content (AvgIpc) is 3.59. The van der Waals surface area contributed by atoms with Crippen molar-refractivity contribution < 1.29 is 18.3 Å². The quantitative estimate of drug-likeness (QED) is 0.208. The zero-order valence-corrected chi connectivity index (χ0v) is 22.9. The molecule has 4 aromatic heterocycles. The van der Waals surface area contributed by atoms with Gasteiger partial charge in [0.2, 0.25) is 0 Å². The van der Waals surface area contributed by atoms with Gasteiger partial charge in [-0.15, -0.1) is 0 Å². The van der Waals surface area contributed by atoms with Gasteiger partial charge in [0.25, 0.3) is 5.91 Å². The van der Waals surface area contributed by atoms with Gasteiger partial charge in [0.15, 0.2) is 11.5 Å². The lowest BCUT2D eigenvalue weighted by atomic mass is 10.1. The van der Waals surface area contributed by atoms with E-state index in [4.69, 9.17) is 14.1 Å². The fourth-order valence-electron chi connectivity index (χ4n) is 4.15. The van der Waals surface area contributed by atoms with Crippen LogP contribution in [0.4, 0.5) is 4.39 Å². The molecule has 4 heterocycles. The third-order valence-electron chi connectivity index (χ3n) is 6.20. The fourth-order valence-corrected chi connectivity index (χ4v) is 4.90. The molecule has 0 fully saturated rings. The molecule has 0 aliphatic heterocycles. The Bertz CT molecular complexity index is 1590. The lowest BCUT2D eigenvalue weighted by molar-refractivity contribution is 0.0892. The number of amides is 1. The molecule has 0 saturated heterocycles. The van der Waals surface area contributed by atoms with E-state index in [2.05, 4.69) is 40.0 Å². The van der Waals surface area contributed by atoms with Gasteiger partial charge in [0, 0.05) is 46.3 Å². The summed E-state index contributed by atoms with van der Waals surface area (Å²) in [4.78, 5) is 26.8. The average molecular weight is 536 g/mol. The molecule has 198 valence electrons. The molecule has 10 nitrogen and oxygen atoms in total. The Morgan fingerprint density at radius 3 is 2.84 bits per heavy atom. The van der Waals surface area contributed by atoms with Gasteiger partial charge in [-0.25, -0.2) is 19.3 Å². The maximum absolute atomic E-state index is 13.8. The molecule has 0 saturated carbocycles. The molecular formula is C26H30FN7O3Si. The smallest absolute Gasteiger partial charge is 0.255 e. The Balaban J connectivity index is 1.47. The molecule has 12 heteroatoms. The van der Waals surface area contributed by atoms with Crippen LogP contribution in [0.2, 0.25) is 25.7 Å². The number of ether oxygens (including phenoxy) is 1. The van der Waals surface area contributed by atoms with Gasteiger partial charge in [-0.3, -0.25) is 9.48 Å². The van der Waals surface area contributed by atoms with Crippen LogP contribution >= 0.6 is 0 Å². The highest BCUT2D eigenvalue weighted by Crippen LogP contribution is 2.29. The molecule has 0 radical (unpaired) electrons. The number of oxazole rings is 1. The molecule has 0 spiro atoms. The molecule has 0 unspecified atom stereocenters. The Morgan fingerprint density at radius 2 is 2.08 bits per heavy atom. The van der Waals surface area contributed by atoms with Crippen molar-refractivity contribution >= 4 is 36.0 Å². The molecule has 1 N–H and O–H groups in total. The van der Waals surface area contributed by atoms with Crippen molar-refractivity contribution in [3.63, 3.8) is 0 Å². The minimum Gasteiger partial charge on any atom is -0.449 e. The number of nitrogens with one attached hydrogen (secondary N) is 1. The summed E-state index contributed by atoms with van der Waals surface area (Å²) < 4.78 is 28.4. The van der Waals surface area contributed by atoms with Crippen molar-refractivity contribution in [3.8, 4) is 11.4 Å². The van der Waals surface area contributed by atoms with Crippen molar-refractivity contribution in [3.05, 3.63) is 60.3 Å². The number of hydrogen-bond acceptors (Lipinski definition) is 7. The molecule has 0 aliphatic rings. The number of fused-ring (bicyclic) bond motifs is 2. The zero-order valence-electron chi connectivity index (χ0n) is 21.9. The van der Waals surface area contributed by atoms with Crippen LogP contribution in [-0.4, -0.2) is 56.4 Å². The van der Waals surface area contributed by atoms with Crippen LogP contribution < -0.4 is 5.32 Å².